The summed E-state index contributed by atoms with van der Waals surface area (Å²) in [4.78, 5) is 6.48. The third kappa shape index (κ3) is 1.82. The molecule has 0 spiro atoms. The molecule has 2 aromatic rings. The van der Waals surface area contributed by atoms with Crippen molar-refractivity contribution in [2.45, 2.75) is 0 Å². The van der Waals surface area contributed by atoms with E-state index < -0.39 is 0 Å². The second-order valence-corrected chi connectivity index (χ2v) is 4.91. The molecule has 88 valence electrons. The van der Waals surface area contributed by atoms with Crippen molar-refractivity contribution < 1.29 is 4.74 Å². The van der Waals surface area contributed by atoms with Crippen molar-refractivity contribution in [3.05, 3.63) is 23.6 Å². The van der Waals surface area contributed by atoms with E-state index in [-0.39, 0.29) is 0 Å². The molecule has 0 bridgehead atoms. The van der Waals surface area contributed by atoms with E-state index >= 15 is 0 Å². The molecule has 1 aliphatic rings. The molecule has 0 aliphatic carbocycles. The topological polar surface area (TPSA) is 51.4 Å². The van der Waals surface area contributed by atoms with Crippen molar-refractivity contribution in [1.82, 2.24) is 4.98 Å². The smallest absolute Gasteiger partial charge is 0.180 e. The fourth-order valence-corrected chi connectivity index (χ4v) is 2.50. The van der Waals surface area contributed by atoms with E-state index in [1.165, 1.54) is 11.3 Å². The van der Waals surface area contributed by atoms with E-state index in [0.29, 0.717) is 5.13 Å². The van der Waals surface area contributed by atoms with Gasteiger partial charge in [0.15, 0.2) is 5.13 Å². The van der Waals surface area contributed by atoms with Crippen LogP contribution >= 0.6 is 11.3 Å². The Kier molecular flexibility index (Phi) is 2.40. The lowest BCUT2D eigenvalue weighted by molar-refractivity contribution is 0.311. The van der Waals surface area contributed by atoms with Gasteiger partial charge in [-0.25, -0.2) is 4.98 Å². The van der Waals surface area contributed by atoms with Crippen LogP contribution in [0.25, 0.3) is 11.3 Å². The normalized spacial score (nSPS) is 14.3. The number of rotatable bonds is 1. The van der Waals surface area contributed by atoms with Crippen LogP contribution in [0.2, 0.25) is 0 Å². The molecule has 2 heterocycles. The number of benzene rings is 1. The third-order valence-electron chi connectivity index (χ3n) is 2.87. The highest BCUT2D eigenvalue weighted by atomic mass is 32.1. The molecule has 0 amide bonds. The zero-order chi connectivity index (χ0) is 11.8. The molecule has 17 heavy (non-hydrogen) atoms. The predicted octanol–water partition coefficient (Wildman–Crippen LogP) is 2.22. The zero-order valence-electron chi connectivity index (χ0n) is 9.51. The maximum Gasteiger partial charge on any atom is 0.180 e. The molecule has 0 radical (unpaired) electrons. The number of aromatic nitrogens is 1. The van der Waals surface area contributed by atoms with Gasteiger partial charge in [-0.2, -0.15) is 0 Å². The Hall–Kier alpha value is -1.75. The second-order valence-electron chi connectivity index (χ2n) is 4.02. The summed E-state index contributed by atoms with van der Waals surface area (Å²) in [5, 5.41) is 2.57. The van der Waals surface area contributed by atoms with Gasteiger partial charge in [0.05, 0.1) is 17.9 Å². The molecule has 4 nitrogen and oxygen atoms in total. The molecule has 0 saturated carbocycles. The molecule has 1 aromatic carbocycles. The number of nitrogens with two attached hydrogens (primary N) is 1. The van der Waals surface area contributed by atoms with Crippen molar-refractivity contribution in [3.63, 3.8) is 0 Å². The van der Waals surface area contributed by atoms with Crippen LogP contribution in [-0.2, 0) is 0 Å². The summed E-state index contributed by atoms with van der Waals surface area (Å²) in [5.74, 6) is 0.936. The molecule has 0 fully saturated rings. The summed E-state index contributed by atoms with van der Waals surface area (Å²) in [7, 11) is 2.07. The lowest BCUT2D eigenvalue weighted by Gasteiger charge is -2.27. The third-order valence-corrected chi connectivity index (χ3v) is 3.55. The van der Waals surface area contributed by atoms with Gasteiger partial charge in [-0.3, -0.25) is 0 Å². The lowest BCUT2D eigenvalue weighted by atomic mass is 10.1. The Bertz CT molecular complexity index is 552. The first-order chi connectivity index (χ1) is 8.24. The first kappa shape index (κ1) is 10.4. The minimum Gasteiger partial charge on any atom is -0.490 e. The first-order valence-corrected chi connectivity index (χ1v) is 6.31. The van der Waals surface area contributed by atoms with Crippen molar-refractivity contribution in [2.24, 2.45) is 0 Å². The van der Waals surface area contributed by atoms with E-state index in [0.717, 1.165) is 35.8 Å². The Balaban J connectivity index is 2.05. The number of fused-ring (bicyclic) bond motifs is 1. The van der Waals surface area contributed by atoms with Gasteiger partial charge in [-0.05, 0) is 18.2 Å². The summed E-state index contributed by atoms with van der Waals surface area (Å²) >= 11 is 1.46. The zero-order valence-corrected chi connectivity index (χ0v) is 10.3. The quantitative estimate of drug-likeness (QED) is 0.839. The number of hydrogen-bond acceptors (Lipinski definition) is 5. The summed E-state index contributed by atoms with van der Waals surface area (Å²) in [6.07, 6.45) is 0. The van der Waals surface area contributed by atoms with Crippen molar-refractivity contribution in [1.29, 1.82) is 0 Å². The number of nitrogens with zero attached hydrogens (tertiary/aromatic N) is 2. The average Bonchev–Trinajstić information content (AvgIpc) is 2.76. The van der Waals surface area contributed by atoms with Crippen LogP contribution in [0.5, 0.6) is 5.75 Å². The van der Waals surface area contributed by atoms with Gasteiger partial charge in [0.2, 0.25) is 0 Å². The maximum absolute atomic E-state index is 5.65. The molecule has 0 atom stereocenters. The van der Waals surface area contributed by atoms with Crippen LogP contribution in [0.4, 0.5) is 10.8 Å². The number of anilines is 2. The van der Waals surface area contributed by atoms with Crippen molar-refractivity contribution >= 4 is 22.2 Å². The van der Waals surface area contributed by atoms with E-state index in [1.807, 2.05) is 17.5 Å². The summed E-state index contributed by atoms with van der Waals surface area (Å²) in [6.45, 7) is 1.65. The number of likely N-dealkylation sites (N-methyl/N-ethyl adjacent to an activating group) is 1. The van der Waals surface area contributed by atoms with Gasteiger partial charge < -0.3 is 15.4 Å². The van der Waals surface area contributed by atoms with Crippen molar-refractivity contribution in [2.75, 3.05) is 30.8 Å². The lowest BCUT2D eigenvalue weighted by Crippen LogP contribution is -2.28. The molecule has 5 heteroatoms. The van der Waals surface area contributed by atoms with Gasteiger partial charge in [0, 0.05) is 18.0 Å². The summed E-state index contributed by atoms with van der Waals surface area (Å²) in [6, 6.07) is 6.12. The first-order valence-electron chi connectivity index (χ1n) is 5.43. The van der Waals surface area contributed by atoms with Gasteiger partial charge in [-0.15, -0.1) is 11.3 Å². The number of ether oxygens (including phenoxy) is 1. The van der Waals surface area contributed by atoms with E-state index in [1.54, 1.807) is 0 Å². The molecule has 0 unspecified atom stereocenters. The van der Waals surface area contributed by atoms with Crippen LogP contribution in [0.1, 0.15) is 0 Å². The van der Waals surface area contributed by atoms with Crippen LogP contribution in [0, 0.1) is 0 Å². The molecule has 1 aromatic heterocycles. The van der Waals surface area contributed by atoms with Crippen LogP contribution in [-0.4, -0.2) is 25.2 Å². The highest BCUT2D eigenvalue weighted by Gasteiger charge is 2.16. The molecule has 2 N–H and O–H groups in total. The van der Waals surface area contributed by atoms with Gasteiger partial charge in [0.1, 0.15) is 12.4 Å². The Morgan fingerprint density at radius 3 is 3.12 bits per heavy atom. The standard InChI is InChI=1S/C12H13N3OS/c1-15-4-5-16-11-3-2-8(6-10(11)15)9-7-17-12(13)14-9/h2-3,6-7H,4-5H2,1H3,(H2,13,14). The minimum atomic E-state index is 0.599. The number of nitrogen functional groups attached to an aromatic ring is 1. The minimum absolute atomic E-state index is 0.599. The molecule has 1 aliphatic heterocycles. The van der Waals surface area contributed by atoms with Crippen LogP contribution < -0.4 is 15.4 Å². The fourth-order valence-electron chi connectivity index (χ4n) is 1.93. The van der Waals surface area contributed by atoms with Gasteiger partial charge in [-0.1, -0.05) is 0 Å². The summed E-state index contributed by atoms with van der Waals surface area (Å²) in [5.41, 5.74) is 8.77. The van der Waals surface area contributed by atoms with E-state index in [4.69, 9.17) is 10.5 Å². The number of thiazole rings is 1. The van der Waals surface area contributed by atoms with Crippen molar-refractivity contribution in [3.8, 4) is 17.0 Å². The highest BCUT2D eigenvalue weighted by molar-refractivity contribution is 7.13. The largest absolute Gasteiger partial charge is 0.490 e. The summed E-state index contributed by atoms with van der Waals surface area (Å²) < 4.78 is 5.61. The second kappa shape index (κ2) is 3.92. The fraction of sp³-hybridized carbons (Fsp3) is 0.250. The SMILES string of the molecule is CN1CCOc2ccc(-c3csc(N)n3)cc21. The maximum atomic E-state index is 5.65. The van der Waals surface area contributed by atoms with Crippen LogP contribution in [0.15, 0.2) is 23.6 Å². The molecular weight excluding hydrogens is 234 g/mol. The van der Waals surface area contributed by atoms with Crippen LogP contribution in [0.3, 0.4) is 0 Å². The highest BCUT2D eigenvalue weighted by Crippen LogP contribution is 2.35. The Morgan fingerprint density at radius 2 is 2.35 bits per heavy atom. The van der Waals surface area contributed by atoms with E-state index in [9.17, 15) is 0 Å². The van der Waals surface area contributed by atoms with Gasteiger partial charge >= 0.3 is 0 Å². The number of hydrogen-bond donors (Lipinski definition) is 1. The molecular formula is C12H13N3OS. The van der Waals surface area contributed by atoms with Gasteiger partial charge in [0.25, 0.3) is 0 Å². The average molecular weight is 247 g/mol. The van der Waals surface area contributed by atoms with E-state index in [2.05, 4.69) is 23.0 Å². The molecule has 3 rings (SSSR count). The Morgan fingerprint density at radius 1 is 1.47 bits per heavy atom. The predicted molar refractivity (Wildman–Crippen MR) is 70.7 cm³/mol. The Labute approximate surface area is 104 Å². The molecule has 0 saturated heterocycles. The monoisotopic (exact) mass is 247 g/mol.